The first-order valence-electron chi connectivity index (χ1n) is 10.5. The zero-order valence-electron chi connectivity index (χ0n) is 21.1. The maximum absolute atomic E-state index is 6.64. The van der Waals surface area contributed by atoms with Gasteiger partial charge in [-0.1, -0.05) is 83.1 Å². The Morgan fingerprint density at radius 1 is 0.692 bits per heavy atom. The zero-order valence-corrected chi connectivity index (χ0v) is 21.9. The van der Waals surface area contributed by atoms with Crippen LogP contribution in [0.5, 0.6) is 0 Å². The highest BCUT2D eigenvalue weighted by Gasteiger charge is 2.63. The van der Waals surface area contributed by atoms with Crippen LogP contribution in [0.15, 0.2) is 0 Å². The van der Waals surface area contributed by atoms with E-state index in [2.05, 4.69) is 103 Å². The van der Waals surface area contributed by atoms with E-state index < -0.39 is 7.26 Å². The highest BCUT2D eigenvalue weighted by molar-refractivity contribution is 7.75. The lowest BCUT2D eigenvalue weighted by molar-refractivity contribution is -0.0186. The average molecular weight is 388 g/mol. The highest BCUT2D eigenvalue weighted by Crippen LogP contribution is 2.72. The molecule has 0 rings (SSSR count). The smallest absolute Gasteiger partial charge is 0.112 e. The van der Waals surface area contributed by atoms with E-state index in [-0.39, 0.29) is 21.4 Å². The lowest BCUT2D eigenvalue weighted by Crippen LogP contribution is -2.57. The monoisotopic (exact) mass is 387 g/mol. The van der Waals surface area contributed by atoms with E-state index in [0.29, 0.717) is 11.3 Å². The third-order valence-corrected chi connectivity index (χ3v) is 10.1. The predicted molar refractivity (Wildman–Crippen MR) is 124 cm³/mol. The fourth-order valence-electron chi connectivity index (χ4n) is 5.47. The van der Waals surface area contributed by atoms with Crippen molar-refractivity contribution >= 4 is 7.26 Å². The molecule has 0 aromatic rings. The summed E-state index contributed by atoms with van der Waals surface area (Å²) in [6.45, 7) is 37.9. The van der Waals surface area contributed by atoms with Gasteiger partial charge in [0.2, 0.25) is 0 Å². The van der Waals surface area contributed by atoms with Gasteiger partial charge in [0, 0.05) is 38.1 Å². The van der Waals surface area contributed by atoms with Crippen LogP contribution in [-0.2, 0) is 4.74 Å². The minimum absolute atomic E-state index is 0.192. The third-order valence-electron chi connectivity index (χ3n) is 6.34. The molecule has 26 heavy (non-hydrogen) atoms. The van der Waals surface area contributed by atoms with E-state index in [1.54, 1.807) is 0 Å². The van der Waals surface area contributed by atoms with Crippen molar-refractivity contribution in [1.82, 2.24) is 0 Å². The maximum Gasteiger partial charge on any atom is 0.112 e. The second-order valence-electron chi connectivity index (χ2n) is 13.7. The SMILES string of the molecule is CC(C)(C)CC(COCC(C(C)(C)C)(C(C)(C)C)[P+](C)(C)C)C(C)(C)C. The summed E-state index contributed by atoms with van der Waals surface area (Å²) >= 11 is 0. The second-order valence-corrected chi connectivity index (χ2v) is 18.5. The molecular formula is C24H52OP+. The average Bonchev–Trinajstić information content (AvgIpc) is 2.24. The van der Waals surface area contributed by atoms with Crippen molar-refractivity contribution in [3.8, 4) is 0 Å². The molecule has 0 radical (unpaired) electrons. The van der Waals surface area contributed by atoms with E-state index in [1.165, 1.54) is 6.42 Å². The zero-order chi connectivity index (χ0) is 21.4. The third kappa shape index (κ3) is 6.48. The molecule has 0 saturated carbocycles. The fraction of sp³-hybridized carbons (Fsp3) is 1.00. The lowest BCUT2D eigenvalue weighted by Gasteiger charge is -2.55. The van der Waals surface area contributed by atoms with Gasteiger partial charge in [-0.25, -0.2) is 0 Å². The molecule has 1 atom stereocenters. The van der Waals surface area contributed by atoms with Crippen molar-refractivity contribution in [3.63, 3.8) is 0 Å². The topological polar surface area (TPSA) is 9.23 Å². The van der Waals surface area contributed by atoms with Crippen LogP contribution >= 0.6 is 7.26 Å². The normalized spacial score (nSPS) is 16.7. The molecule has 0 N–H and O–H groups in total. The molecule has 0 aromatic carbocycles. The Kier molecular flexibility index (Phi) is 8.14. The second kappa shape index (κ2) is 8.02. The number of hydrogen-bond donors (Lipinski definition) is 0. The van der Waals surface area contributed by atoms with E-state index in [1.807, 2.05) is 0 Å². The predicted octanol–water partition coefficient (Wildman–Crippen LogP) is 7.84. The summed E-state index contributed by atoms with van der Waals surface area (Å²) in [7, 11) is -1.17. The van der Waals surface area contributed by atoms with Gasteiger partial charge in [0.15, 0.2) is 0 Å². The van der Waals surface area contributed by atoms with Gasteiger partial charge in [-0.15, -0.1) is 0 Å². The molecule has 2 heteroatoms. The lowest BCUT2D eigenvalue weighted by atomic mass is 9.66. The van der Waals surface area contributed by atoms with E-state index in [0.717, 1.165) is 13.2 Å². The van der Waals surface area contributed by atoms with Crippen LogP contribution in [-0.4, -0.2) is 38.4 Å². The van der Waals surface area contributed by atoms with Crippen molar-refractivity contribution in [3.05, 3.63) is 0 Å². The molecule has 0 amide bonds. The molecule has 1 nitrogen and oxygen atoms in total. The standard InChI is InChI=1S/C24H52OP/c1-20(2,3)16-19(21(4,5)6)17-25-18-24(22(7,8)9,23(10,11)12)26(13,14)15/h19H,16-18H2,1-15H3/q+1. The first kappa shape index (κ1) is 26.4. The summed E-state index contributed by atoms with van der Waals surface area (Å²) in [5.41, 5.74) is 1.02. The van der Waals surface area contributed by atoms with Gasteiger partial charge in [-0.2, -0.15) is 0 Å². The summed E-state index contributed by atoms with van der Waals surface area (Å²) in [4.78, 5) is 0. The summed E-state index contributed by atoms with van der Waals surface area (Å²) in [6, 6.07) is 0. The summed E-state index contributed by atoms with van der Waals surface area (Å²) in [5, 5.41) is 0.192. The number of hydrogen-bond acceptors (Lipinski definition) is 1. The fourth-order valence-corrected chi connectivity index (χ4v) is 9.97. The van der Waals surface area contributed by atoms with Crippen molar-refractivity contribution in [2.24, 2.45) is 27.6 Å². The van der Waals surface area contributed by atoms with Gasteiger partial charge in [0.05, 0.1) is 13.2 Å². The minimum Gasteiger partial charge on any atom is -0.377 e. The Labute approximate surface area is 167 Å². The van der Waals surface area contributed by atoms with E-state index in [4.69, 9.17) is 4.74 Å². The maximum atomic E-state index is 6.64. The summed E-state index contributed by atoms with van der Waals surface area (Å²) in [6.07, 6.45) is 1.21. The van der Waals surface area contributed by atoms with Gasteiger partial charge >= 0.3 is 0 Å². The Morgan fingerprint density at radius 3 is 1.31 bits per heavy atom. The molecule has 0 saturated heterocycles. The summed E-state index contributed by atoms with van der Waals surface area (Å²) < 4.78 is 6.64. The molecule has 0 bridgehead atoms. The highest BCUT2D eigenvalue weighted by atomic mass is 31.2. The van der Waals surface area contributed by atoms with Gasteiger partial charge in [0.1, 0.15) is 5.16 Å². The van der Waals surface area contributed by atoms with E-state index >= 15 is 0 Å². The Bertz CT molecular complexity index is 393. The van der Waals surface area contributed by atoms with Crippen LogP contribution in [0.3, 0.4) is 0 Å². The molecular weight excluding hydrogens is 335 g/mol. The molecule has 0 aliphatic heterocycles. The number of ether oxygens (including phenoxy) is 1. The van der Waals surface area contributed by atoms with E-state index in [9.17, 15) is 0 Å². The van der Waals surface area contributed by atoms with Crippen LogP contribution in [0.2, 0.25) is 0 Å². The van der Waals surface area contributed by atoms with Crippen molar-refractivity contribution in [1.29, 1.82) is 0 Å². The summed E-state index contributed by atoms with van der Waals surface area (Å²) in [5.74, 6) is 0.582. The molecule has 0 aliphatic rings. The van der Waals surface area contributed by atoms with Crippen LogP contribution in [0, 0.1) is 27.6 Å². The minimum atomic E-state index is -1.17. The molecule has 0 aromatic heterocycles. The molecule has 0 fully saturated rings. The molecule has 0 aliphatic carbocycles. The van der Waals surface area contributed by atoms with Gasteiger partial charge in [-0.05, 0) is 23.2 Å². The quantitative estimate of drug-likeness (QED) is 0.422. The van der Waals surface area contributed by atoms with Gasteiger partial charge in [0.25, 0.3) is 0 Å². The first-order valence-corrected chi connectivity index (χ1v) is 13.6. The molecule has 0 spiro atoms. The van der Waals surface area contributed by atoms with Gasteiger partial charge < -0.3 is 4.74 Å². The van der Waals surface area contributed by atoms with Gasteiger partial charge in [-0.3, -0.25) is 0 Å². The Balaban J connectivity index is 5.65. The number of rotatable bonds is 6. The van der Waals surface area contributed by atoms with Crippen molar-refractivity contribution in [2.45, 2.75) is 94.7 Å². The van der Waals surface area contributed by atoms with Crippen molar-refractivity contribution in [2.75, 3.05) is 33.2 Å². The van der Waals surface area contributed by atoms with Crippen LogP contribution < -0.4 is 0 Å². The Hall–Kier alpha value is 0.390. The molecule has 0 heterocycles. The van der Waals surface area contributed by atoms with Crippen LogP contribution in [0.25, 0.3) is 0 Å². The van der Waals surface area contributed by atoms with Crippen LogP contribution in [0.1, 0.15) is 89.5 Å². The van der Waals surface area contributed by atoms with Crippen LogP contribution in [0.4, 0.5) is 0 Å². The molecule has 1 unspecified atom stereocenters. The first-order chi connectivity index (χ1) is 11.1. The van der Waals surface area contributed by atoms with Crippen molar-refractivity contribution < 1.29 is 4.74 Å². The largest absolute Gasteiger partial charge is 0.377 e. The molecule has 158 valence electrons. The Morgan fingerprint density at radius 2 is 1.08 bits per heavy atom.